The maximum atomic E-state index is 11.4. The van der Waals surface area contributed by atoms with Gasteiger partial charge in [-0.05, 0) is 13.5 Å². The summed E-state index contributed by atoms with van der Waals surface area (Å²) in [6.45, 7) is 6.14. The Bertz CT molecular complexity index is 292. The van der Waals surface area contributed by atoms with Crippen LogP contribution in [0.3, 0.4) is 0 Å². The Kier molecular flexibility index (Phi) is 4.51. The van der Waals surface area contributed by atoms with E-state index in [1.807, 2.05) is 0 Å². The predicted octanol–water partition coefficient (Wildman–Crippen LogP) is -0.355. The Hall–Kier alpha value is -0.170. The molecule has 1 saturated heterocycles. The minimum atomic E-state index is -3.13. The summed E-state index contributed by atoms with van der Waals surface area (Å²) in [6.07, 6.45) is -0.0359. The molecule has 1 aliphatic rings. The lowest BCUT2D eigenvalue weighted by Crippen LogP contribution is -2.44. The second kappa shape index (κ2) is 5.25. The van der Waals surface area contributed by atoms with Crippen LogP contribution in [0.5, 0.6) is 0 Å². The van der Waals surface area contributed by atoms with E-state index in [0.717, 1.165) is 19.6 Å². The average molecular weight is 236 g/mol. The van der Waals surface area contributed by atoms with Crippen molar-refractivity contribution in [3.8, 4) is 0 Å². The molecule has 0 bridgehead atoms. The van der Waals surface area contributed by atoms with Crippen LogP contribution in [0.15, 0.2) is 0 Å². The van der Waals surface area contributed by atoms with Gasteiger partial charge in [-0.1, -0.05) is 6.92 Å². The fraction of sp³-hybridized carbons (Fsp3) is 1.00. The van der Waals surface area contributed by atoms with Gasteiger partial charge in [-0.3, -0.25) is 4.90 Å². The lowest BCUT2D eigenvalue weighted by atomic mass is 10.2. The molecular weight excluding hydrogens is 216 g/mol. The van der Waals surface area contributed by atoms with Gasteiger partial charge in [0.1, 0.15) is 0 Å². The first-order chi connectivity index (χ1) is 7.02. The van der Waals surface area contributed by atoms with E-state index in [1.54, 1.807) is 14.0 Å². The van der Waals surface area contributed by atoms with Crippen molar-refractivity contribution < 1.29 is 13.2 Å². The maximum Gasteiger partial charge on any atom is 0.211 e. The molecule has 6 heteroatoms. The van der Waals surface area contributed by atoms with Gasteiger partial charge in [0, 0.05) is 20.2 Å². The van der Waals surface area contributed by atoms with Crippen molar-refractivity contribution in [1.82, 2.24) is 9.62 Å². The lowest BCUT2D eigenvalue weighted by molar-refractivity contribution is 0.0954. The molecule has 1 N–H and O–H groups in total. The van der Waals surface area contributed by atoms with Crippen LogP contribution < -0.4 is 4.72 Å². The van der Waals surface area contributed by atoms with E-state index in [-0.39, 0.29) is 17.9 Å². The molecule has 1 heterocycles. The highest BCUT2D eigenvalue weighted by molar-refractivity contribution is 7.89. The largest absolute Gasteiger partial charge is 0.378 e. The van der Waals surface area contributed by atoms with Crippen molar-refractivity contribution in [3.05, 3.63) is 0 Å². The van der Waals surface area contributed by atoms with Crippen LogP contribution in [-0.4, -0.2) is 58.0 Å². The van der Waals surface area contributed by atoms with Crippen molar-refractivity contribution in [2.75, 3.05) is 32.5 Å². The van der Waals surface area contributed by atoms with Gasteiger partial charge in [-0.2, -0.15) is 0 Å². The number of methoxy groups -OCH3 is 1. The normalized spacial score (nSPS) is 28.5. The molecular formula is C9H20N2O3S. The molecule has 1 fully saturated rings. The molecule has 0 aromatic rings. The van der Waals surface area contributed by atoms with Crippen LogP contribution in [0.2, 0.25) is 0 Å². The van der Waals surface area contributed by atoms with Crippen LogP contribution in [0, 0.1) is 0 Å². The van der Waals surface area contributed by atoms with E-state index in [9.17, 15) is 8.42 Å². The van der Waals surface area contributed by atoms with Crippen LogP contribution in [-0.2, 0) is 14.8 Å². The van der Waals surface area contributed by atoms with Gasteiger partial charge in [0.05, 0.1) is 17.9 Å². The fourth-order valence-electron chi connectivity index (χ4n) is 1.78. The maximum absolute atomic E-state index is 11.4. The van der Waals surface area contributed by atoms with E-state index in [4.69, 9.17) is 4.74 Å². The second-order valence-corrected chi connectivity index (χ2v) is 5.80. The number of sulfonamides is 1. The summed E-state index contributed by atoms with van der Waals surface area (Å²) in [6, 6.07) is -0.111. The first kappa shape index (κ1) is 12.9. The van der Waals surface area contributed by atoms with E-state index in [1.165, 1.54) is 0 Å². The summed E-state index contributed by atoms with van der Waals surface area (Å²) in [5, 5.41) is 0. The van der Waals surface area contributed by atoms with Crippen LogP contribution >= 0.6 is 0 Å². The summed E-state index contributed by atoms with van der Waals surface area (Å²) in [5.74, 6) is 0.117. The summed E-state index contributed by atoms with van der Waals surface area (Å²) in [5.41, 5.74) is 0. The summed E-state index contributed by atoms with van der Waals surface area (Å²) >= 11 is 0. The topological polar surface area (TPSA) is 58.6 Å². The number of nitrogens with zero attached hydrogens (tertiary/aromatic N) is 1. The molecule has 0 spiro atoms. The summed E-state index contributed by atoms with van der Waals surface area (Å²) in [4.78, 5) is 2.18. The molecule has 0 saturated carbocycles. The third-order valence-electron chi connectivity index (χ3n) is 2.80. The third kappa shape index (κ3) is 3.41. The van der Waals surface area contributed by atoms with Crippen molar-refractivity contribution in [3.63, 3.8) is 0 Å². The molecule has 0 aliphatic carbocycles. The van der Waals surface area contributed by atoms with Gasteiger partial charge >= 0.3 is 0 Å². The standard InChI is InChI=1S/C9H20N2O3S/c1-4-11-6-8(9(7-11)14-3)10-15(12,13)5-2/h8-10H,4-7H2,1-3H3/t8-,9-/m0/s1. The Balaban J connectivity index is 2.61. The van der Waals surface area contributed by atoms with Crippen LogP contribution in [0.4, 0.5) is 0 Å². The van der Waals surface area contributed by atoms with Gasteiger partial charge < -0.3 is 4.74 Å². The Morgan fingerprint density at radius 2 is 2.07 bits per heavy atom. The molecule has 0 amide bonds. The highest BCUT2D eigenvalue weighted by Gasteiger charge is 2.34. The number of hydrogen-bond acceptors (Lipinski definition) is 4. The Morgan fingerprint density at radius 1 is 1.40 bits per heavy atom. The number of likely N-dealkylation sites (tertiary alicyclic amines) is 1. The van der Waals surface area contributed by atoms with Gasteiger partial charge in [-0.25, -0.2) is 13.1 Å². The Labute approximate surface area is 91.8 Å². The molecule has 1 aliphatic heterocycles. The van der Waals surface area contributed by atoms with Crippen molar-refractivity contribution in [2.45, 2.75) is 26.0 Å². The minimum Gasteiger partial charge on any atom is -0.378 e. The number of likely N-dealkylation sites (N-methyl/N-ethyl adjacent to an activating group) is 1. The van der Waals surface area contributed by atoms with Gasteiger partial charge in [-0.15, -0.1) is 0 Å². The number of ether oxygens (including phenoxy) is 1. The van der Waals surface area contributed by atoms with Crippen LogP contribution in [0.1, 0.15) is 13.8 Å². The third-order valence-corrected chi connectivity index (χ3v) is 4.22. The van der Waals surface area contributed by atoms with E-state index < -0.39 is 10.0 Å². The molecule has 2 atom stereocenters. The molecule has 5 nitrogen and oxygen atoms in total. The second-order valence-electron chi connectivity index (χ2n) is 3.75. The fourth-order valence-corrected chi connectivity index (χ4v) is 2.63. The van der Waals surface area contributed by atoms with Crippen molar-refractivity contribution in [1.29, 1.82) is 0 Å². The zero-order valence-electron chi connectivity index (χ0n) is 9.56. The molecule has 0 unspecified atom stereocenters. The molecule has 0 aromatic heterocycles. The van der Waals surface area contributed by atoms with Gasteiger partial charge in [0.15, 0.2) is 0 Å². The SMILES string of the molecule is CCN1C[C@H](NS(=O)(=O)CC)[C@@H](OC)C1. The number of nitrogens with one attached hydrogen (secondary N) is 1. The van der Waals surface area contributed by atoms with Gasteiger partial charge in [0.2, 0.25) is 10.0 Å². The number of rotatable bonds is 5. The highest BCUT2D eigenvalue weighted by Crippen LogP contribution is 2.13. The molecule has 90 valence electrons. The molecule has 15 heavy (non-hydrogen) atoms. The Morgan fingerprint density at radius 3 is 2.53 bits per heavy atom. The van der Waals surface area contributed by atoms with E-state index >= 15 is 0 Å². The van der Waals surface area contributed by atoms with Gasteiger partial charge in [0.25, 0.3) is 0 Å². The molecule has 0 aromatic carbocycles. The van der Waals surface area contributed by atoms with Crippen LogP contribution in [0.25, 0.3) is 0 Å². The lowest BCUT2D eigenvalue weighted by Gasteiger charge is -2.17. The van der Waals surface area contributed by atoms with E-state index in [0.29, 0.717) is 0 Å². The zero-order chi connectivity index (χ0) is 11.5. The minimum absolute atomic E-state index is 0.0359. The van der Waals surface area contributed by atoms with Crippen molar-refractivity contribution >= 4 is 10.0 Å². The first-order valence-corrected chi connectivity index (χ1v) is 6.92. The smallest absolute Gasteiger partial charge is 0.211 e. The van der Waals surface area contributed by atoms with E-state index in [2.05, 4.69) is 16.5 Å². The quantitative estimate of drug-likeness (QED) is 0.708. The average Bonchev–Trinajstić information content (AvgIpc) is 2.59. The number of hydrogen-bond donors (Lipinski definition) is 1. The predicted molar refractivity (Wildman–Crippen MR) is 59.3 cm³/mol. The zero-order valence-corrected chi connectivity index (χ0v) is 10.4. The monoisotopic (exact) mass is 236 g/mol. The molecule has 1 rings (SSSR count). The van der Waals surface area contributed by atoms with Crippen molar-refractivity contribution in [2.24, 2.45) is 0 Å². The molecule has 0 radical (unpaired) electrons. The summed E-state index contributed by atoms with van der Waals surface area (Å²) < 4.78 is 30.8. The highest BCUT2D eigenvalue weighted by atomic mass is 32.2. The first-order valence-electron chi connectivity index (χ1n) is 5.27. The summed E-state index contributed by atoms with van der Waals surface area (Å²) in [7, 11) is -1.51.